The van der Waals surface area contributed by atoms with Crippen LogP contribution in [-0.2, 0) is 14.3 Å². The molecule has 8 heteroatoms. The summed E-state index contributed by atoms with van der Waals surface area (Å²) in [5.74, 6) is -0.960. The summed E-state index contributed by atoms with van der Waals surface area (Å²) in [7, 11) is 2.83. The Morgan fingerprint density at radius 1 is 1.26 bits per heavy atom. The molecular weight excluding hydrogens is 326 g/mol. The maximum Gasteiger partial charge on any atom is 0.338 e. The van der Waals surface area contributed by atoms with E-state index in [1.165, 1.54) is 26.4 Å². The van der Waals surface area contributed by atoms with Crippen LogP contribution in [0.4, 0.5) is 0 Å². The minimum atomic E-state index is -0.743. The molecule has 0 N–H and O–H groups in total. The average molecular weight is 342 g/mol. The van der Waals surface area contributed by atoms with Crippen LogP contribution in [0.15, 0.2) is 12.1 Å². The topological polar surface area (TPSA) is 82.1 Å². The number of benzene rings is 1. The fourth-order valence-corrected chi connectivity index (χ4v) is 2.52. The molecule has 0 unspecified atom stereocenters. The number of nitrogens with zero attached hydrogens (tertiary/aromatic N) is 1. The summed E-state index contributed by atoms with van der Waals surface area (Å²) >= 11 is 6.01. The van der Waals surface area contributed by atoms with Gasteiger partial charge in [0.05, 0.1) is 24.8 Å². The SMILES string of the molecule is COc1cc(C(=O)OCC(=O)N2CCCC2=O)cc(Cl)c1OC. The molecule has 124 valence electrons. The van der Waals surface area contributed by atoms with Gasteiger partial charge in [-0.05, 0) is 18.6 Å². The molecule has 23 heavy (non-hydrogen) atoms. The second-order valence-electron chi connectivity index (χ2n) is 4.81. The van der Waals surface area contributed by atoms with E-state index in [0.717, 1.165) is 4.90 Å². The first-order valence-electron chi connectivity index (χ1n) is 6.89. The van der Waals surface area contributed by atoms with E-state index in [0.29, 0.717) is 25.1 Å². The molecule has 1 fully saturated rings. The van der Waals surface area contributed by atoms with Crippen LogP contribution in [0.2, 0.25) is 5.02 Å². The van der Waals surface area contributed by atoms with Gasteiger partial charge in [-0.25, -0.2) is 4.79 Å². The fourth-order valence-electron chi connectivity index (χ4n) is 2.24. The maximum atomic E-state index is 12.0. The van der Waals surface area contributed by atoms with Crippen molar-refractivity contribution in [2.45, 2.75) is 12.8 Å². The molecular formula is C15H16ClNO6. The van der Waals surface area contributed by atoms with Gasteiger partial charge in [0.15, 0.2) is 18.1 Å². The molecule has 0 aromatic heterocycles. The van der Waals surface area contributed by atoms with Gasteiger partial charge >= 0.3 is 5.97 Å². The lowest BCUT2D eigenvalue weighted by molar-refractivity contribution is -0.143. The number of likely N-dealkylation sites (tertiary alicyclic amines) is 1. The summed E-state index contributed by atoms with van der Waals surface area (Å²) in [5.41, 5.74) is 0.119. The van der Waals surface area contributed by atoms with Crippen molar-refractivity contribution in [3.8, 4) is 11.5 Å². The molecule has 1 saturated heterocycles. The minimum Gasteiger partial charge on any atom is -0.493 e. The quantitative estimate of drug-likeness (QED) is 0.758. The predicted molar refractivity (Wildman–Crippen MR) is 80.8 cm³/mol. The second kappa shape index (κ2) is 7.32. The highest BCUT2D eigenvalue weighted by molar-refractivity contribution is 6.32. The van der Waals surface area contributed by atoms with Gasteiger partial charge in [0.25, 0.3) is 5.91 Å². The number of amides is 2. The first-order valence-corrected chi connectivity index (χ1v) is 7.27. The first-order chi connectivity index (χ1) is 11.0. The Kier molecular flexibility index (Phi) is 5.44. The zero-order valence-corrected chi connectivity index (χ0v) is 13.5. The van der Waals surface area contributed by atoms with Gasteiger partial charge in [-0.3, -0.25) is 14.5 Å². The number of halogens is 1. The molecule has 1 aromatic rings. The number of hydrogen-bond donors (Lipinski definition) is 0. The lowest BCUT2D eigenvalue weighted by Crippen LogP contribution is -2.35. The van der Waals surface area contributed by atoms with Gasteiger partial charge in [-0.1, -0.05) is 11.6 Å². The Labute approximate surface area is 138 Å². The van der Waals surface area contributed by atoms with Crippen LogP contribution in [0.1, 0.15) is 23.2 Å². The van der Waals surface area contributed by atoms with Crippen molar-refractivity contribution >= 4 is 29.4 Å². The summed E-state index contributed by atoms with van der Waals surface area (Å²) in [4.78, 5) is 36.4. The van der Waals surface area contributed by atoms with E-state index < -0.39 is 18.5 Å². The molecule has 0 spiro atoms. The Morgan fingerprint density at radius 3 is 2.57 bits per heavy atom. The van der Waals surface area contributed by atoms with Crippen molar-refractivity contribution in [3.63, 3.8) is 0 Å². The number of rotatable bonds is 5. The zero-order chi connectivity index (χ0) is 17.0. The van der Waals surface area contributed by atoms with Crippen molar-refractivity contribution in [1.82, 2.24) is 4.90 Å². The normalized spacial score (nSPS) is 13.9. The van der Waals surface area contributed by atoms with Crippen molar-refractivity contribution in [1.29, 1.82) is 0 Å². The minimum absolute atomic E-state index is 0.119. The molecule has 0 radical (unpaired) electrons. The van der Waals surface area contributed by atoms with Gasteiger partial charge in [0.1, 0.15) is 0 Å². The molecule has 0 saturated carbocycles. The maximum absolute atomic E-state index is 12.0. The number of hydrogen-bond acceptors (Lipinski definition) is 6. The van der Waals surface area contributed by atoms with Crippen molar-refractivity contribution in [2.24, 2.45) is 0 Å². The molecule has 0 bridgehead atoms. The zero-order valence-electron chi connectivity index (χ0n) is 12.8. The van der Waals surface area contributed by atoms with E-state index in [-0.39, 0.29) is 22.2 Å². The van der Waals surface area contributed by atoms with Gasteiger partial charge in [-0.2, -0.15) is 0 Å². The third-order valence-electron chi connectivity index (χ3n) is 3.37. The Balaban J connectivity index is 2.05. The van der Waals surface area contributed by atoms with E-state index in [9.17, 15) is 14.4 Å². The van der Waals surface area contributed by atoms with E-state index in [1.54, 1.807) is 0 Å². The third-order valence-corrected chi connectivity index (χ3v) is 3.65. The monoisotopic (exact) mass is 341 g/mol. The first kappa shape index (κ1) is 17.1. The van der Waals surface area contributed by atoms with Crippen LogP contribution < -0.4 is 9.47 Å². The molecule has 7 nitrogen and oxygen atoms in total. The second-order valence-corrected chi connectivity index (χ2v) is 5.22. The molecule has 1 aliphatic heterocycles. The number of imide groups is 1. The fraction of sp³-hybridized carbons (Fsp3) is 0.400. The molecule has 1 heterocycles. The van der Waals surface area contributed by atoms with Crippen LogP contribution >= 0.6 is 11.6 Å². The number of methoxy groups -OCH3 is 2. The average Bonchev–Trinajstić information content (AvgIpc) is 2.97. The van der Waals surface area contributed by atoms with Crippen molar-refractivity contribution < 1.29 is 28.6 Å². The Bertz CT molecular complexity index is 645. The molecule has 0 aliphatic carbocycles. The summed E-state index contributed by atoms with van der Waals surface area (Å²) in [5, 5.41) is 0.180. The highest BCUT2D eigenvalue weighted by atomic mass is 35.5. The van der Waals surface area contributed by atoms with Crippen molar-refractivity contribution in [2.75, 3.05) is 27.4 Å². The lowest BCUT2D eigenvalue weighted by atomic mass is 10.2. The smallest absolute Gasteiger partial charge is 0.338 e. The van der Waals surface area contributed by atoms with E-state index in [4.69, 9.17) is 25.8 Å². The standard InChI is InChI=1S/C15H16ClNO6/c1-21-11-7-9(6-10(16)14(11)22-2)15(20)23-8-13(19)17-5-3-4-12(17)18/h6-7H,3-5,8H2,1-2H3. The number of carbonyl (C=O) groups is 3. The Morgan fingerprint density at radius 2 is 2.00 bits per heavy atom. The van der Waals surface area contributed by atoms with Crippen LogP contribution in [0.5, 0.6) is 11.5 Å². The van der Waals surface area contributed by atoms with Crippen molar-refractivity contribution in [3.05, 3.63) is 22.7 Å². The number of esters is 1. The summed E-state index contributed by atoms with van der Waals surface area (Å²) in [6.07, 6.45) is 0.967. The van der Waals surface area contributed by atoms with E-state index in [2.05, 4.69) is 0 Å². The summed E-state index contributed by atoms with van der Waals surface area (Å²) in [6.45, 7) is -0.145. The van der Waals surface area contributed by atoms with Crippen LogP contribution in [0, 0.1) is 0 Å². The van der Waals surface area contributed by atoms with Gasteiger partial charge in [0, 0.05) is 13.0 Å². The predicted octanol–water partition coefficient (Wildman–Crippen LogP) is 1.66. The number of carbonyl (C=O) groups excluding carboxylic acids is 3. The van der Waals surface area contributed by atoms with E-state index >= 15 is 0 Å². The summed E-state index contributed by atoms with van der Waals surface area (Å²) in [6, 6.07) is 2.76. The highest BCUT2D eigenvalue weighted by Gasteiger charge is 2.27. The van der Waals surface area contributed by atoms with Gasteiger partial charge in [-0.15, -0.1) is 0 Å². The summed E-state index contributed by atoms with van der Waals surface area (Å²) < 4.78 is 15.1. The molecule has 2 amide bonds. The largest absolute Gasteiger partial charge is 0.493 e. The van der Waals surface area contributed by atoms with Gasteiger partial charge in [0.2, 0.25) is 5.91 Å². The Hall–Kier alpha value is -2.28. The third kappa shape index (κ3) is 3.73. The molecule has 0 atom stereocenters. The molecule has 1 aromatic carbocycles. The number of ether oxygens (including phenoxy) is 3. The molecule has 1 aliphatic rings. The van der Waals surface area contributed by atoms with Crippen LogP contribution in [0.25, 0.3) is 0 Å². The van der Waals surface area contributed by atoms with Gasteiger partial charge < -0.3 is 14.2 Å². The highest BCUT2D eigenvalue weighted by Crippen LogP contribution is 2.36. The van der Waals surface area contributed by atoms with E-state index in [1.807, 2.05) is 0 Å². The van der Waals surface area contributed by atoms with Crippen LogP contribution in [-0.4, -0.2) is 50.1 Å². The molecule has 2 rings (SSSR count). The van der Waals surface area contributed by atoms with Crippen LogP contribution in [0.3, 0.4) is 0 Å². The lowest BCUT2D eigenvalue weighted by Gasteiger charge is -2.14.